The molecule has 0 radical (unpaired) electrons. The molecule has 0 aliphatic heterocycles. The number of aliphatic hydroxyl groups is 1. The first kappa shape index (κ1) is 16.6. The molecule has 1 rings (SSSR count). The summed E-state index contributed by atoms with van der Waals surface area (Å²) >= 11 is 0. The molecule has 0 aliphatic rings. The van der Waals surface area contributed by atoms with Crippen LogP contribution >= 0.6 is 0 Å². The first-order valence-corrected chi connectivity index (χ1v) is 7.09. The molecule has 0 fully saturated rings. The van der Waals surface area contributed by atoms with Gasteiger partial charge in [0.1, 0.15) is 5.75 Å². The van der Waals surface area contributed by atoms with Crippen molar-refractivity contribution in [2.45, 2.75) is 39.2 Å². The Hall–Kier alpha value is -1.42. The van der Waals surface area contributed by atoms with Crippen LogP contribution in [0.3, 0.4) is 0 Å². The highest BCUT2D eigenvalue weighted by atomic mass is 16.5. The molecule has 1 atom stereocenters. The standard InChI is InChI=1S/C16H26O4/c1-6-11(7-2)8-13(17)12-9-15(19-4)16(20-5)10-14(12)18-3/h9-11,13,17H,6-8H2,1-5H3. The van der Waals surface area contributed by atoms with Gasteiger partial charge in [-0.15, -0.1) is 0 Å². The largest absolute Gasteiger partial charge is 0.496 e. The van der Waals surface area contributed by atoms with Crippen LogP contribution in [-0.4, -0.2) is 26.4 Å². The van der Waals surface area contributed by atoms with E-state index in [1.807, 2.05) is 0 Å². The summed E-state index contributed by atoms with van der Waals surface area (Å²) in [5.74, 6) is 2.33. The van der Waals surface area contributed by atoms with Crippen molar-refractivity contribution in [2.75, 3.05) is 21.3 Å². The average molecular weight is 282 g/mol. The number of ether oxygens (including phenoxy) is 3. The van der Waals surface area contributed by atoms with Crippen molar-refractivity contribution < 1.29 is 19.3 Å². The molecule has 4 nitrogen and oxygen atoms in total. The summed E-state index contributed by atoms with van der Waals surface area (Å²) < 4.78 is 15.9. The summed E-state index contributed by atoms with van der Waals surface area (Å²) in [5, 5.41) is 10.5. The van der Waals surface area contributed by atoms with Gasteiger partial charge in [0.2, 0.25) is 0 Å². The van der Waals surface area contributed by atoms with E-state index in [2.05, 4.69) is 13.8 Å². The van der Waals surface area contributed by atoms with Crippen LogP contribution in [0.4, 0.5) is 0 Å². The van der Waals surface area contributed by atoms with Crippen LogP contribution in [0.2, 0.25) is 0 Å². The number of methoxy groups -OCH3 is 3. The van der Waals surface area contributed by atoms with E-state index in [1.165, 1.54) is 0 Å². The monoisotopic (exact) mass is 282 g/mol. The molecule has 0 spiro atoms. The topological polar surface area (TPSA) is 47.9 Å². The van der Waals surface area contributed by atoms with Crippen LogP contribution in [0.5, 0.6) is 17.2 Å². The molecule has 0 saturated carbocycles. The van der Waals surface area contributed by atoms with Crippen LogP contribution in [0, 0.1) is 5.92 Å². The summed E-state index contributed by atoms with van der Waals surface area (Å²) in [4.78, 5) is 0. The van der Waals surface area contributed by atoms with E-state index < -0.39 is 6.10 Å². The lowest BCUT2D eigenvalue weighted by molar-refractivity contribution is 0.137. The Balaban J connectivity index is 3.08. The SMILES string of the molecule is CCC(CC)CC(O)c1cc(OC)c(OC)cc1OC. The van der Waals surface area contributed by atoms with Crippen molar-refractivity contribution >= 4 is 0 Å². The van der Waals surface area contributed by atoms with Gasteiger partial charge in [0, 0.05) is 11.6 Å². The third kappa shape index (κ3) is 3.79. The Bertz CT molecular complexity index is 413. The summed E-state index contributed by atoms with van der Waals surface area (Å²) in [7, 11) is 4.76. The molecule has 0 bridgehead atoms. The fourth-order valence-electron chi connectivity index (χ4n) is 2.38. The Morgan fingerprint density at radius 2 is 1.40 bits per heavy atom. The van der Waals surface area contributed by atoms with Crippen molar-refractivity contribution in [1.29, 1.82) is 0 Å². The Labute approximate surface area is 121 Å². The maximum atomic E-state index is 10.5. The van der Waals surface area contributed by atoms with Crippen LogP contribution in [0.15, 0.2) is 12.1 Å². The number of benzene rings is 1. The minimum absolute atomic E-state index is 0.503. The molecule has 0 heterocycles. The van der Waals surface area contributed by atoms with E-state index in [4.69, 9.17) is 14.2 Å². The molecular formula is C16H26O4. The molecule has 4 heteroatoms. The van der Waals surface area contributed by atoms with Crippen molar-refractivity contribution in [2.24, 2.45) is 5.92 Å². The third-order valence-corrected chi connectivity index (χ3v) is 3.81. The number of aliphatic hydroxyl groups excluding tert-OH is 1. The fourth-order valence-corrected chi connectivity index (χ4v) is 2.38. The van der Waals surface area contributed by atoms with E-state index in [1.54, 1.807) is 33.5 Å². The molecule has 0 aliphatic carbocycles. The normalized spacial score (nSPS) is 12.3. The Morgan fingerprint density at radius 3 is 1.85 bits per heavy atom. The van der Waals surface area contributed by atoms with Crippen molar-refractivity contribution in [3.63, 3.8) is 0 Å². The molecule has 0 saturated heterocycles. The van der Waals surface area contributed by atoms with E-state index in [9.17, 15) is 5.11 Å². The maximum Gasteiger partial charge on any atom is 0.164 e. The van der Waals surface area contributed by atoms with Crippen LogP contribution in [0.25, 0.3) is 0 Å². The van der Waals surface area contributed by atoms with Crippen LogP contribution < -0.4 is 14.2 Å². The summed E-state index contributed by atoms with van der Waals surface area (Å²) in [6, 6.07) is 3.55. The van der Waals surface area contributed by atoms with E-state index in [0.717, 1.165) is 24.8 Å². The van der Waals surface area contributed by atoms with Gasteiger partial charge in [0.05, 0.1) is 27.4 Å². The quantitative estimate of drug-likeness (QED) is 0.792. The highest BCUT2D eigenvalue weighted by Gasteiger charge is 2.20. The van der Waals surface area contributed by atoms with Gasteiger partial charge in [-0.1, -0.05) is 26.7 Å². The molecule has 1 aromatic carbocycles. The first-order chi connectivity index (χ1) is 9.60. The third-order valence-electron chi connectivity index (χ3n) is 3.81. The fraction of sp³-hybridized carbons (Fsp3) is 0.625. The molecular weight excluding hydrogens is 256 g/mol. The smallest absolute Gasteiger partial charge is 0.164 e. The van der Waals surface area contributed by atoms with Gasteiger partial charge < -0.3 is 19.3 Å². The number of rotatable bonds is 8. The highest BCUT2D eigenvalue weighted by Crippen LogP contribution is 2.39. The minimum atomic E-state index is -0.561. The van der Waals surface area contributed by atoms with Gasteiger partial charge in [-0.3, -0.25) is 0 Å². The van der Waals surface area contributed by atoms with Crippen LogP contribution in [0.1, 0.15) is 44.8 Å². The molecule has 0 aromatic heterocycles. The highest BCUT2D eigenvalue weighted by molar-refractivity contribution is 5.51. The lowest BCUT2D eigenvalue weighted by Crippen LogP contribution is -2.08. The summed E-state index contributed by atoms with van der Waals surface area (Å²) in [6.45, 7) is 4.29. The van der Waals surface area contributed by atoms with Gasteiger partial charge >= 0.3 is 0 Å². The molecule has 20 heavy (non-hydrogen) atoms. The van der Waals surface area contributed by atoms with Gasteiger partial charge in [0.15, 0.2) is 11.5 Å². The average Bonchev–Trinajstić information content (AvgIpc) is 2.50. The van der Waals surface area contributed by atoms with Crippen molar-refractivity contribution in [3.05, 3.63) is 17.7 Å². The minimum Gasteiger partial charge on any atom is -0.496 e. The molecule has 1 N–H and O–H groups in total. The second-order valence-electron chi connectivity index (χ2n) is 4.88. The lowest BCUT2D eigenvalue weighted by atomic mass is 9.92. The second kappa shape index (κ2) is 8.00. The Morgan fingerprint density at radius 1 is 0.900 bits per heavy atom. The van der Waals surface area contributed by atoms with E-state index >= 15 is 0 Å². The number of hydrogen-bond donors (Lipinski definition) is 1. The van der Waals surface area contributed by atoms with Crippen molar-refractivity contribution in [1.82, 2.24) is 0 Å². The predicted molar refractivity (Wildman–Crippen MR) is 79.7 cm³/mol. The van der Waals surface area contributed by atoms with Crippen molar-refractivity contribution in [3.8, 4) is 17.2 Å². The van der Waals surface area contributed by atoms with E-state index in [0.29, 0.717) is 23.2 Å². The van der Waals surface area contributed by atoms with Gasteiger partial charge in [-0.25, -0.2) is 0 Å². The molecule has 114 valence electrons. The molecule has 1 unspecified atom stereocenters. The number of hydrogen-bond acceptors (Lipinski definition) is 4. The zero-order valence-corrected chi connectivity index (χ0v) is 13.1. The van der Waals surface area contributed by atoms with E-state index in [-0.39, 0.29) is 0 Å². The van der Waals surface area contributed by atoms with Gasteiger partial charge in [-0.2, -0.15) is 0 Å². The predicted octanol–water partition coefficient (Wildman–Crippen LogP) is 3.57. The molecule has 1 aromatic rings. The summed E-state index contributed by atoms with van der Waals surface area (Å²) in [6.07, 6.45) is 2.28. The zero-order valence-electron chi connectivity index (χ0n) is 13.1. The van der Waals surface area contributed by atoms with Gasteiger partial charge in [-0.05, 0) is 18.4 Å². The maximum absolute atomic E-state index is 10.5. The molecule has 0 amide bonds. The first-order valence-electron chi connectivity index (χ1n) is 7.09. The Kier molecular flexibility index (Phi) is 6.65. The van der Waals surface area contributed by atoms with Gasteiger partial charge in [0.25, 0.3) is 0 Å². The van der Waals surface area contributed by atoms with Crippen LogP contribution in [-0.2, 0) is 0 Å². The zero-order chi connectivity index (χ0) is 15.1. The second-order valence-corrected chi connectivity index (χ2v) is 4.88. The lowest BCUT2D eigenvalue weighted by Gasteiger charge is -2.21. The summed E-state index contributed by atoms with van der Waals surface area (Å²) in [5.41, 5.74) is 0.747.